The van der Waals surface area contributed by atoms with Crippen LogP contribution in [0.3, 0.4) is 0 Å². The van der Waals surface area contributed by atoms with E-state index in [0.717, 1.165) is 23.4 Å². The van der Waals surface area contributed by atoms with Crippen molar-refractivity contribution in [3.8, 4) is 17.0 Å². The maximum atomic E-state index is 12.5. The third-order valence-corrected chi connectivity index (χ3v) is 5.56. The molecule has 2 aromatic carbocycles. The lowest BCUT2D eigenvalue weighted by Gasteiger charge is -2.05. The molecule has 146 valence electrons. The van der Waals surface area contributed by atoms with E-state index in [1.807, 2.05) is 12.1 Å². The van der Waals surface area contributed by atoms with Crippen molar-refractivity contribution in [2.45, 2.75) is 18.5 Å². The Morgan fingerprint density at radius 3 is 2.45 bits per heavy atom. The fourth-order valence-electron chi connectivity index (χ4n) is 2.91. The van der Waals surface area contributed by atoms with E-state index in [-0.39, 0.29) is 11.5 Å². The molecule has 0 aliphatic carbocycles. The molecular formula is C22H20N4O2S. The van der Waals surface area contributed by atoms with Gasteiger partial charge >= 0.3 is 0 Å². The number of methoxy groups -OCH3 is 1. The van der Waals surface area contributed by atoms with Crippen LogP contribution in [0.25, 0.3) is 16.9 Å². The quantitative estimate of drug-likeness (QED) is 0.337. The second-order valence-electron chi connectivity index (χ2n) is 6.46. The molecular weight excluding hydrogens is 384 g/mol. The number of carbonyl (C=O) groups excluding carboxylic acids is 1. The Kier molecular flexibility index (Phi) is 5.57. The average molecular weight is 404 g/mol. The Labute approximate surface area is 172 Å². The van der Waals surface area contributed by atoms with Crippen molar-refractivity contribution in [3.05, 3.63) is 71.8 Å². The number of Topliss-reactive ketones (excluding diaryl/α,β-unsaturated/α-hetero) is 1. The average Bonchev–Trinajstić information content (AvgIpc) is 3.19. The number of rotatable bonds is 7. The molecule has 0 fully saturated rings. The van der Waals surface area contributed by atoms with Gasteiger partial charge in [-0.15, -0.1) is 10.2 Å². The molecule has 0 aliphatic rings. The number of benzene rings is 2. The molecule has 0 radical (unpaired) electrons. The highest BCUT2D eigenvalue weighted by atomic mass is 32.2. The SMILES string of the molecule is CCc1ccc(-c2ccc3nnc(SCC(=O)c4ccc(OC)cc4)n3n2)cc1. The molecule has 0 N–H and O–H groups in total. The second-order valence-corrected chi connectivity index (χ2v) is 7.40. The summed E-state index contributed by atoms with van der Waals surface area (Å²) in [6.45, 7) is 2.13. The molecule has 0 amide bonds. The summed E-state index contributed by atoms with van der Waals surface area (Å²) in [4.78, 5) is 12.5. The van der Waals surface area contributed by atoms with Crippen LogP contribution in [0, 0.1) is 0 Å². The molecule has 7 heteroatoms. The molecule has 4 aromatic rings. The minimum atomic E-state index is 0.0145. The summed E-state index contributed by atoms with van der Waals surface area (Å²) in [7, 11) is 1.60. The van der Waals surface area contributed by atoms with Crippen molar-refractivity contribution < 1.29 is 9.53 Å². The Hall–Kier alpha value is -3.19. The number of aryl methyl sites for hydroxylation is 1. The fourth-order valence-corrected chi connectivity index (χ4v) is 3.70. The maximum Gasteiger partial charge on any atom is 0.212 e. The minimum Gasteiger partial charge on any atom is -0.497 e. The largest absolute Gasteiger partial charge is 0.497 e. The Bertz CT molecular complexity index is 1140. The van der Waals surface area contributed by atoms with Crippen LogP contribution in [0.1, 0.15) is 22.8 Å². The summed E-state index contributed by atoms with van der Waals surface area (Å²) in [5.74, 6) is 0.992. The van der Waals surface area contributed by atoms with Crippen LogP contribution < -0.4 is 4.74 Å². The van der Waals surface area contributed by atoms with Crippen LogP contribution in [0.2, 0.25) is 0 Å². The number of nitrogens with zero attached hydrogens (tertiary/aromatic N) is 4. The summed E-state index contributed by atoms with van der Waals surface area (Å²) in [6.07, 6.45) is 1.00. The van der Waals surface area contributed by atoms with Crippen molar-refractivity contribution in [2.24, 2.45) is 0 Å². The van der Waals surface area contributed by atoms with Gasteiger partial charge in [-0.1, -0.05) is 43.0 Å². The molecule has 0 atom stereocenters. The molecule has 2 heterocycles. The second kappa shape index (κ2) is 8.45. The number of ketones is 1. The van der Waals surface area contributed by atoms with Gasteiger partial charge in [0.2, 0.25) is 5.16 Å². The Balaban J connectivity index is 1.53. The molecule has 29 heavy (non-hydrogen) atoms. The van der Waals surface area contributed by atoms with Gasteiger partial charge in [-0.2, -0.15) is 9.61 Å². The van der Waals surface area contributed by atoms with Gasteiger partial charge in [0, 0.05) is 11.1 Å². The third kappa shape index (κ3) is 4.14. The molecule has 4 rings (SSSR count). The number of hydrogen-bond acceptors (Lipinski definition) is 6. The van der Waals surface area contributed by atoms with E-state index >= 15 is 0 Å². The van der Waals surface area contributed by atoms with Crippen molar-refractivity contribution in [1.29, 1.82) is 0 Å². The third-order valence-electron chi connectivity index (χ3n) is 4.64. The first kappa shape index (κ1) is 19.1. The molecule has 0 spiro atoms. The molecule has 0 saturated carbocycles. The molecule has 0 bridgehead atoms. The van der Waals surface area contributed by atoms with E-state index in [1.165, 1.54) is 17.3 Å². The van der Waals surface area contributed by atoms with Crippen molar-refractivity contribution in [2.75, 3.05) is 12.9 Å². The van der Waals surface area contributed by atoms with Gasteiger partial charge in [-0.05, 0) is 48.4 Å². The van der Waals surface area contributed by atoms with E-state index in [1.54, 1.807) is 35.9 Å². The van der Waals surface area contributed by atoms with Crippen LogP contribution in [0.15, 0.2) is 65.8 Å². The fraction of sp³-hybridized carbons (Fsp3) is 0.182. The lowest BCUT2D eigenvalue weighted by Crippen LogP contribution is -2.04. The zero-order chi connectivity index (χ0) is 20.2. The number of ether oxygens (including phenoxy) is 1. The van der Waals surface area contributed by atoms with E-state index in [0.29, 0.717) is 16.4 Å². The van der Waals surface area contributed by atoms with E-state index < -0.39 is 0 Å². The number of hydrogen-bond donors (Lipinski definition) is 0. The van der Waals surface area contributed by atoms with Crippen molar-refractivity contribution in [3.63, 3.8) is 0 Å². The first-order chi connectivity index (χ1) is 14.2. The predicted octanol–water partition coefficient (Wildman–Crippen LogP) is 4.34. The monoisotopic (exact) mass is 404 g/mol. The number of thioether (sulfide) groups is 1. The normalized spacial score (nSPS) is 11.0. The van der Waals surface area contributed by atoms with Gasteiger partial charge in [0.05, 0.1) is 18.6 Å². The van der Waals surface area contributed by atoms with Crippen LogP contribution in [0.5, 0.6) is 5.75 Å². The first-order valence-electron chi connectivity index (χ1n) is 9.29. The Morgan fingerprint density at radius 1 is 1.00 bits per heavy atom. The predicted molar refractivity (Wildman–Crippen MR) is 114 cm³/mol. The highest BCUT2D eigenvalue weighted by Gasteiger charge is 2.13. The summed E-state index contributed by atoms with van der Waals surface area (Å²) in [6, 6.07) is 19.3. The summed E-state index contributed by atoms with van der Waals surface area (Å²) in [5.41, 5.74) is 4.44. The van der Waals surface area contributed by atoms with Crippen LogP contribution in [-0.4, -0.2) is 38.5 Å². The smallest absolute Gasteiger partial charge is 0.212 e. The van der Waals surface area contributed by atoms with Gasteiger partial charge < -0.3 is 4.74 Å². The summed E-state index contributed by atoms with van der Waals surface area (Å²) < 4.78 is 6.82. The van der Waals surface area contributed by atoms with Crippen LogP contribution in [-0.2, 0) is 6.42 Å². The molecule has 0 aliphatic heterocycles. The highest BCUT2D eigenvalue weighted by molar-refractivity contribution is 7.99. The lowest BCUT2D eigenvalue weighted by molar-refractivity contribution is 0.102. The van der Waals surface area contributed by atoms with Crippen molar-refractivity contribution in [1.82, 2.24) is 19.8 Å². The molecule has 2 aromatic heterocycles. The van der Waals surface area contributed by atoms with Gasteiger partial charge in [-0.25, -0.2) is 0 Å². The van der Waals surface area contributed by atoms with Crippen LogP contribution in [0.4, 0.5) is 0 Å². The van der Waals surface area contributed by atoms with Gasteiger partial charge in [0.25, 0.3) is 0 Å². The Morgan fingerprint density at radius 2 is 1.76 bits per heavy atom. The maximum absolute atomic E-state index is 12.5. The van der Waals surface area contributed by atoms with E-state index in [2.05, 4.69) is 46.5 Å². The number of carbonyl (C=O) groups is 1. The standard InChI is InChI=1S/C22H20N4O2S/c1-3-15-4-6-16(7-5-15)19-12-13-21-23-24-22(26(21)25-19)29-14-20(27)17-8-10-18(28-2)11-9-17/h4-13H,3,14H2,1-2H3. The van der Waals surface area contributed by atoms with Crippen molar-refractivity contribution >= 4 is 23.2 Å². The first-order valence-corrected chi connectivity index (χ1v) is 10.3. The molecule has 0 saturated heterocycles. The topological polar surface area (TPSA) is 69.4 Å². The summed E-state index contributed by atoms with van der Waals surface area (Å²) >= 11 is 1.33. The van der Waals surface area contributed by atoms with E-state index in [9.17, 15) is 4.79 Å². The van der Waals surface area contributed by atoms with E-state index in [4.69, 9.17) is 4.74 Å². The molecule has 6 nitrogen and oxygen atoms in total. The van der Waals surface area contributed by atoms with Crippen LogP contribution >= 0.6 is 11.8 Å². The zero-order valence-electron chi connectivity index (χ0n) is 16.2. The highest BCUT2D eigenvalue weighted by Crippen LogP contribution is 2.22. The zero-order valence-corrected chi connectivity index (χ0v) is 17.0. The van der Waals surface area contributed by atoms with Gasteiger partial charge in [-0.3, -0.25) is 4.79 Å². The minimum absolute atomic E-state index is 0.0145. The summed E-state index contributed by atoms with van der Waals surface area (Å²) in [5, 5.41) is 13.6. The van der Waals surface area contributed by atoms with Gasteiger partial charge in [0.15, 0.2) is 11.4 Å². The number of fused-ring (bicyclic) bond motifs is 1. The number of aromatic nitrogens is 4. The molecule has 0 unspecified atom stereocenters. The lowest BCUT2D eigenvalue weighted by atomic mass is 10.1. The van der Waals surface area contributed by atoms with Gasteiger partial charge in [0.1, 0.15) is 5.75 Å².